The van der Waals surface area contributed by atoms with Gasteiger partial charge in [-0.1, -0.05) is 45.4 Å². The predicted molar refractivity (Wildman–Crippen MR) is 91.4 cm³/mol. The Morgan fingerprint density at radius 2 is 2.05 bits per heavy atom. The molecular formula is C18H26BFNO. The number of rotatable bonds is 5. The molecule has 1 radical (unpaired) electrons. The Labute approximate surface area is 134 Å². The van der Waals surface area contributed by atoms with Crippen LogP contribution < -0.4 is 5.46 Å². The third kappa shape index (κ3) is 3.92. The Hall–Kier alpha value is -1.29. The second kappa shape index (κ2) is 7.82. The van der Waals surface area contributed by atoms with Crippen LogP contribution >= 0.6 is 0 Å². The van der Waals surface area contributed by atoms with Gasteiger partial charge in [0.2, 0.25) is 0 Å². The minimum Gasteiger partial charge on any atom is -0.450 e. The molecule has 0 amide bonds. The molecule has 1 heterocycles. The summed E-state index contributed by atoms with van der Waals surface area (Å²) in [5.41, 5.74) is 1.82. The number of unbranched alkanes of at least 4 members (excludes halogenated alkanes) is 1. The molecule has 119 valence electrons. The summed E-state index contributed by atoms with van der Waals surface area (Å²) in [6.45, 7) is 8.57. The lowest BCUT2D eigenvalue weighted by Gasteiger charge is -2.38. The van der Waals surface area contributed by atoms with E-state index < -0.39 is 0 Å². The lowest BCUT2D eigenvalue weighted by atomic mass is 9.85. The van der Waals surface area contributed by atoms with E-state index in [9.17, 15) is 9.41 Å². The molecule has 1 N–H and O–H groups in total. The Balaban J connectivity index is 2.38. The van der Waals surface area contributed by atoms with Crippen LogP contribution in [-0.4, -0.2) is 30.5 Å². The van der Waals surface area contributed by atoms with Crippen molar-refractivity contribution in [3.63, 3.8) is 0 Å². The molecule has 2 atom stereocenters. The second-order valence-corrected chi connectivity index (χ2v) is 6.57. The number of benzene rings is 1. The molecule has 1 fully saturated rings. The van der Waals surface area contributed by atoms with Crippen molar-refractivity contribution in [1.82, 2.24) is 4.90 Å². The van der Waals surface area contributed by atoms with Gasteiger partial charge in [-0.25, -0.2) is 4.39 Å². The van der Waals surface area contributed by atoms with Gasteiger partial charge in [-0.2, -0.15) is 0 Å². The van der Waals surface area contributed by atoms with Gasteiger partial charge >= 0.3 is 7.48 Å². The molecule has 0 spiro atoms. The zero-order valence-electron chi connectivity index (χ0n) is 13.8. The largest absolute Gasteiger partial charge is 0.450 e. The minimum atomic E-state index is -0.335. The Bertz CT molecular complexity index is 522. The molecule has 22 heavy (non-hydrogen) atoms. The first kappa shape index (κ1) is 17.1. The summed E-state index contributed by atoms with van der Waals surface area (Å²) in [4.78, 5) is 2.31. The van der Waals surface area contributed by atoms with Crippen molar-refractivity contribution < 1.29 is 9.41 Å². The van der Waals surface area contributed by atoms with Crippen LogP contribution in [0.15, 0.2) is 24.3 Å². The molecule has 2 rings (SSSR count). The fourth-order valence-corrected chi connectivity index (χ4v) is 3.40. The van der Waals surface area contributed by atoms with Gasteiger partial charge in [-0.3, -0.25) is 0 Å². The maximum absolute atomic E-state index is 14.6. The molecule has 1 aliphatic rings. The number of hydrogen-bond acceptors (Lipinski definition) is 2. The third-order valence-corrected chi connectivity index (χ3v) is 4.28. The Morgan fingerprint density at radius 3 is 2.64 bits per heavy atom. The van der Waals surface area contributed by atoms with Crippen molar-refractivity contribution in [2.45, 2.75) is 40.0 Å². The van der Waals surface area contributed by atoms with Crippen molar-refractivity contribution in [3.05, 3.63) is 35.7 Å². The molecule has 2 nitrogen and oxygen atoms in total. The van der Waals surface area contributed by atoms with Crippen LogP contribution in [0.3, 0.4) is 0 Å². The lowest BCUT2D eigenvalue weighted by molar-refractivity contribution is 0.202. The van der Waals surface area contributed by atoms with Gasteiger partial charge in [0, 0.05) is 24.4 Å². The van der Waals surface area contributed by atoms with E-state index in [1.165, 1.54) is 6.42 Å². The molecule has 4 heteroatoms. The van der Waals surface area contributed by atoms with Crippen LogP contribution in [0, 0.1) is 17.7 Å². The first-order valence-corrected chi connectivity index (χ1v) is 8.28. The van der Waals surface area contributed by atoms with Crippen molar-refractivity contribution in [2.75, 3.05) is 13.1 Å². The quantitative estimate of drug-likeness (QED) is 0.845. The SMILES string of the molecule is CCC/C=C(/c1cccc([B]O)c1F)N1CC(C)CC(C)C1. The number of nitrogens with zero attached hydrogens (tertiary/aromatic N) is 1. The van der Waals surface area contributed by atoms with E-state index in [1.54, 1.807) is 12.1 Å². The van der Waals surface area contributed by atoms with Crippen molar-refractivity contribution in [2.24, 2.45) is 11.8 Å². The smallest absolute Gasteiger partial charge is 0.329 e. The fraction of sp³-hybridized carbons (Fsp3) is 0.556. The molecule has 0 saturated carbocycles. The highest BCUT2D eigenvalue weighted by Gasteiger charge is 2.25. The van der Waals surface area contributed by atoms with E-state index in [2.05, 4.69) is 31.7 Å². The molecule has 2 unspecified atom stereocenters. The van der Waals surface area contributed by atoms with Gasteiger partial charge in [0.15, 0.2) is 0 Å². The van der Waals surface area contributed by atoms with Crippen LogP contribution in [0.1, 0.15) is 45.6 Å². The molecule has 1 aromatic carbocycles. The zero-order valence-corrected chi connectivity index (χ0v) is 13.8. The van der Waals surface area contributed by atoms with Crippen molar-refractivity contribution >= 4 is 18.6 Å². The van der Waals surface area contributed by atoms with Crippen LogP contribution in [0.4, 0.5) is 4.39 Å². The summed E-state index contributed by atoms with van der Waals surface area (Å²) in [5.74, 6) is 0.895. The van der Waals surface area contributed by atoms with Gasteiger partial charge < -0.3 is 9.92 Å². The Kier molecular flexibility index (Phi) is 6.07. The third-order valence-electron chi connectivity index (χ3n) is 4.28. The van der Waals surface area contributed by atoms with Gasteiger partial charge in [-0.15, -0.1) is 0 Å². The lowest BCUT2D eigenvalue weighted by Crippen LogP contribution is -2.38. The first-order chi connectivity index (χ1) is 10.6. The van der Waals surface area contributed by atoms with Crippen LogP contribution in [-0.2, 0) is 0 Å². The highest BCUT2D eigenvalue weighted by atomic mass is 19.1. The highest BCUT2D eigenvalue weighted by Crippen LogP contribution is 2.30. The number of likely N-dealkylation sites (tertiary alicyclic amines) is 1. The van der Waals surface area contributed by atoms with Gasteiger partial charge in [0.05, 0.1) is 0 Å². The average Bonchev–Trinajstić information content (AvgIpc) is 2.48. The van der Waals surface area contributed by atoms with E-state index in [4.69, 9.17) is 0 Å². The molecule has 1 saturated heterocycles. The maximum Gasteiger partial charge on any atom is 0.329 e. The van der Waals surface area contributed by atoms with Crippen molar-refractivity contribution in [1.29, 1.82) is 0 Å². The summed E-state index contributed by atoms with van der Waals surface area (Å²) in [6, 6.07) is 5.21. The molecular weight excluding hydrogens is 276 g/mol. The van der Waals surface area contributed by atoms with E-state index in [0.717, 1.165) is 39.1 Å². The first-order valence-electron chi connectivity index (χ1n) is 8.28. The Morgan fingerprint density at radius 1 is 1.36 bits per heavy atom. The fourth-order valence-electron chi connectivity index (χ4n) is 3.40. The van der Waals surface area contributed by atoms with Crippen LogP contribution in [0.2, 0.25) is 0 Å². The highest BCUT2D eigenvalue weighted by molar-refractivity contribution is 6.45. The molecule has 0 bridgehead atoms. The van der Waals surface area contributed by atoms with E-state index in [-0.39, 0.29) is 11.3 Å². The average molecular weight is 302 g/mol. The number of halogens is 1. The summed E-state index contributed by atoms with van der Waals surface area (Å²) in [6.07, 6.45) is 5.34. The zero-order chi connectivity index (χ0) is 16.1. The molecule has 1 aliphatic heterocycles. The topological polar surface area (TPSA) is 23.5 Å². The standard InChI is InChI=1S/C18H26BFNO/c1-4-5-9-17(21-11-13(2)10-14(3)12-21)15-7-6-8-16(19-22)18(15)20/h6-9,13-14,22H,4-5,10-12H2,1-3H3/b17-9-. The van der Waals surface area contributed by atoms with Gasteiger partial charge in [-0.05, 0) is 36.2 Å². The summed E-state index contributed by atoms with van der Waals surface area (Å²) in [5, 5.41) is 9.20. The van der Waals surface area contributed by atoms with Crippen LogP contribution in [0.25, 0.3) is 5.70 Å². The van der Waals surface area contributed by atoms with E-state index in [0.29, 0.717) is 17.4 Å². The summed E-state index contributed by atoms with van der Waals surface area (Å²) >= 11 is 0. The predicted octanol–water partition coefficient (Wildman–Crippen LogP) is 3.18. The number of allylic oxidation sites excluding steroid dienone is 1. The molecule has 1 aromatic rings. The van der Waals surface area contributed by atoms with Gasteiger partial charge in [0.1, 0.15) is 5.82 Å². The van der Waals surface area contributed by atoms with Crippen LogP contribution in [0.5, 0.6) is 0 Å². The summed E-state index contributed by atoms with van der Waals surface area (Å²) in [7, 11) is 0.845. The number of piperidine rings is 1. The molecule has 0 aromatic heterocycles. The second-order valence-electron chi connectivity index (χ2n) is 6.57. The van der Waals surface area contributed by atoms with E-state index >= 15 is 0 Å². The maximum atomic E-state index is 14.6. The van der Waals surface area contributed by atoms with E-state index in [1.807, 2.05) is 6.07 Å². The minimum absolute atomic E-state index is 0.248. The molecule has 0 aliphatic carbocycles. The van der Waals surface area contributed by atoms with Gasteiger partial charge in [0.25, 0.3) is 0 Å². The monoisotopic (exact) mass is 302 g/mol. The normalized spacial score (nSPS) is 22.8. The van der Waals surface area contributed by atoms with Crippen molar-refractivity contribution in [3.8, 4) is 0 Å². The summed E-state index contributed by atoms with van der Waals surface area (Å²) < 4.78 is 14.6. The number of hydrogen-bond donors (Lipinski definition) is 1.